The highest BCUT2D eigenvalue weighted by atomic mass is 16.5. The van der Waals surface area contributed by atoms with Gasteiger partial charge in [-0.2, -0.15) is 0 Å². The van der Waals surface area contributed by atoms with E-state index in [2.05, 4.69) is 0 Å². The van der Waals surface area contributed by atoms with Crippen LogP contribution in [0.25, 0.3) is 11.1 Å². The van der Waals surface area contributed by atoms with Gasteiger partial charge in [0, 0.05) is 5.56 Å². The van der Waals surface area contributed by atoms with Crippen molar-refractivity contribution in [1.82, 2.24) is 0 Å². The standard InChI is InChI=1S/C19H22O4/c1-12(2)22-15-10-8-14(9-11-15)16-6-5-7-17(19(20)21)18(16)23-13(3)4/h5-13H,1-4H3,(H,20,21). The molecule has 23 heavy (non-hydrogen) atoms. The molecule has 0 amide bonds. The highest BCUT2D eigenvalue weighted by Gasteiger charge is 2.17. The lowest BCUT2D eigenvalue weighted by Gasteiger charge is -2.17. The number of hydrogen-bond donors (Lipinski definition) is 1. The number of carboxylic acid groups (broad SMARTS) is 1. The van der Waals surface area contributed by atoms with E-state index in [9.17, 15) is 9.90 Å². The molecule has 4 nitrogen and oxygen atoms in total. The lowest BCUT2D eigenvalue weighted by Crippen LogP contribution is -2.11. The summed E-state index contributed by atoms with van der Waals surface area (Å²) < 4.78 is 11.4. The van der Waals surface area contributed by atoms with Gasteiger partial charge in [0.1, 0.15) is 17.1 Å². The maximum absolute atomic E-state index is 11.5. The van der Waals surface area contributed by atoms with E-state index in [1.165, 1.54) is 0 Å². The van der Waals surface area contributed by atoms with Crippen LogP contribution >= 0.6 is 0 Å². The van der Waals surface area contributed by atoms with Gasteiger partial charge in [-0.1, -0.05) is 24.3 Å². The fourth-order valence-corrected chi connectivity index (χ4v) is 2.28. The molecule has 2 aromatic rings. The van der Waals surface area contributed by atoms with Crippen LogP contribution < -0.4 is 9.47 Å². The Morgan fingerprint density at radius 2 is 1.52 bits per heavy atom. The summed E-state index contributed by atoms with van der Waals surface area (Å²) in [6.45, 7) is 7.70. The molecule has 0 spiro atoms. The van der Waals surface area contributed by atoms with Gasteiger partial charge in [-0.05, 0) is 51.5 Å². The van der Waals surface area contributed by atoms with Crippen molar-refractivity contribution in [3.8, 4) is 22.6 Å². The van der Waals surface area contributed by atoms with Gasteiger partial charge in [0.15, 0.2) is 0 Å². The van der Waals surface area contributed by atoms with Crippen LogP contribution in [0.4, 0.5) is 0 Å². The van der Waals surface area contributed by atoms with Gasteiger partial charge in [0.05, 0.1) is 12.2 Å². The summed E-state index contributed by atoms with van der Waals surface area (Å²) in [4.78, 5) is 11.5. The topological polar surface area (TPSA) is 55.8 Å². The number of rotatable bonds is 6. The highest BCUT2D eigenvalue weighted by Crippen LogP contribution is 2.35. The van der Waals surface area contributed by atoms with Gasteiger partial charge in [-0.3, -0.25) is 0 Å². The van der Waals surface area contributed by atoms with E-state index in [0.29, 0.717) is 5.75 Å². The first kappa shape index (κ1) is 16.9. The molecule has 0 radical (unpaired) electrons. The molecule has 2 rings (SSSR count). The smallest absolute Gasteiger partial charge is 0.339 e. The normalized spacial score (nSPS) is 10.9. The van der Waals surface area contributed by atoms with Crippen LogP contribution in [0.3, 0.4) is 0 Å². The van der Waals surface area contributed by atoms with Gasteiger partial charge in [0.25, 0.3) is 0 Å². The third-order valence-electron chi connectivity index (χ3n) is 3.14. The Labute approximate surface area is 136 Å². The maximum Gasteiger partial charge on any atom is 0.339 e. The predicted octanol–water partition coefficient (Wildman–Crippen LogP) is 4.63. The number of para-hydroxylation sites is 1. The fourth-order valence-electron chi connectivity index (χ4n) is 2.28. The Morgan fingerprint density at radius 1 is 0.913 bits per heavy atom. The lowest BCUT2D eigenvalue weighted by atomic mass is 10.0. The Hall–Kier alpha value is -2.49. The summed E-state index contributed by atoms with van der Waals surface area (Å²) in [6, 6.07) is 12.7. The van der Waals surface area contributed by atoms with E-state index in [1.54, 1.807) is 12.1 Å². The van der Waals surface area contributed by atoms with Gasteiger partial charge in [-0.25, -0.2) is 4.79 Å². The molecule has 0 aromatic heterocycles. The largest absolute Gasteiger partial charge is 0.491 e. The minimum absolute atomic E-state index is 0.107. The molecule has 122 valence electrons. The third-order valence-corrected chi connectivity index (χ3v) is 3.14. The SMILES string of the molecule is CC(C)Oc1ccc(-c2cccc(C(=O)O)c2OC(C)C)cc1. The van der Waals surface area contributed by atoms with Crippen LogP contribution in [0.1, 0.15) is 38.1 Å². The fraction of sp³-hybridized carbons (Fsp3) is 0.316. The van der Waals surface area contributed by atoms with Crippen molar-refractivity contribution < 1.29 is 19.4 Å². The Bertz CT molecular complexity index is 672. The van der Waals surface area contributed by atoms with E-state index in [1.807, 2.05) is 58.0 Å². The second kappa shape index (κ2) is 7.18. The van der Waals surface area contributed by atoms with Crippen LogP contribution in [0.15, 0.2) is 42.5 Å². The van der Waals surface area contributed by atoms with E-state index in [-0.39, 0.29) is 17.8 Å². The number of carbonyl (C=O) groups is 1. The zero-order valence-electron chi connectivity index (χ0n) is 13.9. The molecule has 0 saturated heterocycles. The molecule has 0 aliphatic heterocycles. The number of benzene rings is 2. The van der Waals surface area contributed by atoms with E-state index in [0.717, 1.165) is 16.9 Å². The van der Waals surface area contributed by atoms with Gasteiger partial charge >= 0.3 is 5.97 Å². The average Bonchev–Trinajstić information content (AvgIpc) is 2.47. The van der Waals surface area contributed by atoms with Crippen LogP contribution in [0, 0.1) is 0 Å². The summed E-state index contributed by atoms with van der Waals surface area (Å²) in [7, 11) is 0. The lowest BCUT2D eigenvalue weighted by molar-refractivity contribution is 0.0690. The molecule has 0 bridgehead atoms. The van der Waals surface area contributed by atoms with Crippen molar-refractivity contribution in [3.63, 3.8) is 0 Å². The molecule has 0 aliphatic rings. The van der Waals surface area contributed by atoms with E-state index < -0.39 is 5.97 Å². The minimum atomic E-state index is -0.998. The second-order valence-electron chi connectivity index (χ2n) is 5.84. The Kier molecular flexibility index (Phi) is 5.27. The molecule has 2 aromatic carbocycles. The van der Waals surface area contributed by atoms with Crippen LogP contribution in [0.2, 0.25) is 0 Å². The van der Waals surface area contributed by atoms with Crippen molar-refractivity contribution in [2.24, 2.45) is 0 Å². The van der Waals surface area contributed by atoms with Crippen molar-refractivity contribution in [2.75, 3.05) is 0 Å². The third kappa shape index (κ3) is 4.25. The zero-order valence-corrected chi connectivity index (χ0v) is 13.9. The average molecular weight is 314 g/mol. The molecule has 0 saturated carbocycles. The Balaban J connectivity index is 2.45. The van der Waals surface area contributed by atoms with Crippen LogP contribution in [-0.2, 0) is 0 Å². The summed E-state index contributed by atoms with van der Waals surface area (Å²) in [5.74, 6) is 0.180. The molecule has 4 heteroatoms. The summed E-state index contributed by atoms with van der Waals surface area (Å²) in [6.07, 6.45) is -0.00572. The highest BCUT2D eigenvalue weighted by molar-refractivity contribution is 5.94. The first-order valence-corrected chi connectivity index (χ1v) is 7.68. The van der Waals surface area contributed by atoms with Crippen molar-refractivity contribution in [2.45, 2.75) is 39.9 Å². The molecule has 0 heterocycles. The molecule has 1 N–H and O–H groups in total. The van der Waals surface area contributed by atoms with Gasteiger partial charge in [0.2, 0.25) is 0 Å². The Morgan fingerprint density at radius 3 is 2.04 bits per heavy atom. The monoisotopic (exact) mass is 314 g/mol. The quantitative estimate of drug-likeness (QED) is 0.845. The van der Waals surface area contributed by atoms with E-state index >= 15 is 0 Å². The number of ether oxygens (including phenoxy) is 2. The summed E-state index contributed by atoms with van der Waals surface area (Å²) in [5, 5.41) is 9.39. The van der Waals surface area contributed by atoms with E-state index in [4.69, 9.17) is 9.47 Å². The molecular weight excluding hydrogens is 292 g/mol. The summed E-state index contributed by atoms with van der Waals surface area (Å²) in [5.41, 5.74) is 1.81. The second-order valence-corrected chi connectivity index (χ2v) is 5.84. The van der Waals surface area contributed by atoms with Crippen molar-refractivity contribution in [3.05, 3.63) is 48.0 Å². The van der Waals surface area contributed by atoms with Crippen molar-refractivity contribution >= 4 is 5.97 Å². The number of carboxylic acids is 1. The zero-order chi connectivity index (χ0) is 17.0. The number of aromatic carboxylic acids is 1. The number of hydrogen-bond acceptors (Lipinski definition) is 3. The maximum atomic E-state index is 11.5. The molecule has 0 unspecified atom stereocenters. The van der Waals surface area contributed by atoms with Gasteiger partial charge in [-0.15, -0.1) is 0 Å². The minimum Gasteiger partial charge on any atom is -0.491 e. The first-order valence-electron chi connectivity index (χ1n) is 7.68. The van der Waals surface area contributed by atoms with Crippen LogP contribution in [-0.4, -0.2) is 23.3 Å². The molecule has 0 atom stereocenters. The van der Waals surface area contributed by atoms with Crippen molar-refractivity contribution in [1.29, 1.82) is 0 Å². The first-order chi connectivity index (χ1) is 10.9. The summed E-state index contributed by atoms with van der Waals surface area (Å²) >= 11 is 0. The molecular formula is C19H22O4. The van der Waals surface area contributed by atoms with Gasteiger partial charge < -0.3 is 14.6 Å². The predicted molar refractivity (Wildman–Crippen MR) is 90.4 cm³/mol. The van der Waals surface area contributed by atoms with Crippen LogP contribution in [0.5, 0.6) is 11.5 Å². The molecule has 0 aliphatic carbocycles. The molecule has 0 fully saturated rings.